The zero-order valence-electron chi connectivity index (χ0n) is 13.8. The smallest absolute Gasteiger partial charge is 0.267 e. The average molecular weight is 431 g/mol. The van der Waals surface area contributed by atoms with Crippen LogP contribution in [0.5, 0.6) is 0 Å². The highest BCUT2D eigenvalue weighted by Gasteiger charge is 2.11. The zero-order valence-corrected chi connectivity index (χ0v) is 15.9. The van der Waals surface area contributed by atoms with Crippen molar-refractivity contribution in [3.05, 3.63) is 68.4 Å². The molecule has 2 aromatic rings. The molecule has 122 valence electrons. The highest BCUT2D eigenvalue weighted by atomic mass is 127. The van der Waals surface area contributed by atoms with Crippen molar-refractivity contribution in [3.63, 3.8) is 0 Å². The Bertz CT molecular complexity index is 850. The Balaban J connectivity index is 2.17. The number of amides is 1. The topological polar surface area (TPSA) is 64.9 Å². The molecule has 0 aromatic heterocycles. The van der Waals surface area contributed by atoms with Gasteiger partial charge in [0.05, 0.1) is 0 Å². The second-order valence-electron chi connectivity index (χ2n) is 5.47. The van der Waals surface area contributed by atoms with Crippen LogP contribution in [0.3, 0.4) is 0 Å². The van der Waals surface area contributed by atoms with Crippen LogP contribution in [0.1, 0.15) is 16.7 Å². The van der Waals surface area contributed by atoms with E-state index in [0.29, 0.717) is 5.69 Å². The van der Waals surface area contributed by atoms with E-state index in [1.54, 1.807) is 0 Å². The summed E-state index contributed by atoms with van der Waals surface area (Å²) < 4.78 is 1.13. The van der Waals surface area contributed by atoms with E-state index >= 15 is 0 Å². The Hall–Kier alpha value is -2.33. The van der Waals surface area contributed by atoms with E-state index in [4.69, 9.17) is 0 Å². The van der Waals surface area contributed by atoms with Gasteiger partial charge < -0.3 is 10.6 Å². The van der Waals surface area contributed by atoms with Crippen LogP contribution in [-0.4, -0.2) is 5.91 Å². The lowest BCUT2D eigenvalue weighted by molar-refractivity contribution is -0.112. The third-order valence-electron chi connectivity index (χ3n) is 3.78. The van der Waals surface area contributed by atoms with Gasteiger partial charge in [-0.25, -0.2) is 0 Å². The Morgan fingerprint density at radius 3 is 2.54 bits per heavy atom. The summed E-state index contributed by atoms with van der Waals surface area (Å²) >= 11 is 2.24. The fraction of sp³-hybridized carbons (Fsp3) is 0.158. The minimum atomic E-state index is -0.429. The molecule has 0 heterocycles. The predicted molar refractivity (Wildman–Crippen MR) is 106 cm³/mol. The van der Waals surface area contributed by atoms with Gasteiger partial charge in [0.25, 0.3) is 5.91 Å². The molecule has 5 heteroatoms. The van der Waals surface area contributed by atoms with Crippen LogP contribution in [0.25, 0.3) is 0 Å². The molecule has 0 aliphatic heterocycles. The summed E-state index contributed by atoms with van der Waals surface area (Å²) in [6.07, 6.45) is 1.44. The number of benzene rings is 2. The number of aryl methyl sites for hydroxylation is 2. The number of nitrogens with zero attached hydrogens (tertiary/aromatic N) is 1. The van der Waals surface area contributed by atoms with Gasteiger partial charge in [-0.3, -0.25) is 4.79 Å². The van der Waals surface area contributed by atoms with E-state index in [1.807, 2.05) is 63.2 Å². The number of nitrogens with one attached hydrogen (secondary N) is 2. The summed E-state index contributed by atoms with van der Waals surface area (Å²) in [5.74, 6) is -0.429. The number of anilines is 2. The number of carbonyl (C=O) groups is 1. The van der Waals surface area contributed by atoms with Crippen molar-refractivity contribution in [3.8, 4) is 6.07 Å². The van der Waals surface area contributed by atoms with E-state index in [0.717, 1.165) is 25.9 Å². The maximum atomic E-state index is 12.3. The molecule has 0 radical (unpaired) electrons. The van der Waals surface area contributed by atoms with E-state index < -0.39 is 5.91 Å². The number of halogens is 1. The van der Waals surface area contributed by atoms with Gasteiger partial charge in [-0.2, -0.15) is 5.26 Å². The van der Waals surface area contributed by atoms with Crippen LogP contribution in [0.2, 0.25) is 0 Å². The number of carbonyl (C=O) groups excluding carboxylic acids is 1. The van der Waals surface area contributed by atoms with Crippen LogP contribution in [0, 0.1) is 35.7 Å². The summed E-state index contributed by atoms with van der Waals surface area (Å²) in [7, 11) is 0. The highest BCUT2D eigenvalue weighted by molar-refractivity contribution is 14.1. The Kier molecular flexibility index (Phi) is 5.99. The van der Waals surface area contributed by atoms with Crippen molar-refractivity contribution in [2.45, 2.75) is 20.8 Å². The predicted octanol–water partition coefficient (Wildman–Crippen LogP) is 4.67. The van der Waals surface area contributed by atoms with Crippen molar-refractivity contribution in [2.24, 2.45) is 0 Å². The van der Waals surface area contributed by atoms with Crippen molar-refractivity contribution in [1.29, 1.82) is 5.26 Å². The first-order chi connectivity index (χ1) is 11.4. The van der Waals surface area contributed by atoms with Gasteiger partial charge in [0.1, 0.15) is 11.6 Å². The quantitative estimate of drug-likeness (QED) is 0.420. The highest BCUT2D eigenvalue weighted by Crippen LogP contribution is 2.20. The molecule has 0 spiro atoms. The fourth-order valence-electron chi connectivity index (χ4n) is 2.16. The SMILES string of the molecule is Cc1cc(I)ccc1N/C=C(/C#N)C(=O)Nc1cccc(C)c1C. The third-order valence-corrected chi connectivity index (χ3v) is 4.45. The van der Waals surface area contributed by atoms with Crippen molar-refractivity contribution >= 4 is 39.9 Å². The minimum Gasteiger partial charge on any atom is -0.360 e. The van der Waals surface area contributed by atoms with Gasteiger partial charge in [-0.15, -0.1) is 0 Å². The molecule has 4 nitrogen and oxygen atoms in total. The lowest BCUT2D eigenvalue weighted by Gasteiger charge is -2.10. The van der Waals surface area contributed by atoms with Crippen molar-refractivity contribution in [2.75, 3.05) is 10.6 Å². The van der Waals surface area contributed by atoms with Gasteiger partial charge in [0, 0.05) is 21.1 Å². The van der Waals surface area contributed by atoms with Gasteiger partial charge in [0.15, 0.2) is 0 Å². The van der Waals surface area contributed by atoms with E-state index in [9.17, 15) is 10.1 Å². The molecule has 0 unspecified atom stereocenters. The summed E-state index contributed by atoms with van der Waals surface area (Å²) in [4.78, 5) is 12.3. The molecule has 0 aliphatic rings. The Morgan fingerprint density at radius 2 is 1.88 bits per heavy atom. The summed E-state index contributed by atoms with van der Waals surface area (Å²) in [6, 6.07) is 13.5. The van der Waals surface area contributed by atoms with Crippen LogP contribution in [-0.2, 0) is 4.79 Å². The number of nitriles is 1. The lowest BCUT2D eigenvalue weighted by Crippen LogP contribution is -2.15. The molecule has 0 saturated heterocycles. The molecule has 0 atom stereocenters. The van der Waals surface area contributed by atoms with E-state index in [1.165, 1.54) is 6.20 Å². The molecule has 0 fully saturated rings. The molecule has 24 heavy (non-hydrogen) atoms. The Labute approximate surface area is 155 Å². The standard InChI is InChI=1S/C19H18IN3O/c1-12-5-4-6-18(14(12)3)23-19(24)15(10-21)11-22-17-8-7-16(20)9-13(17)2/h4-9,11,22H,1-3H3,(H,23,24)/b15-11-. The maximum Gasteiger partial charge on any atom is 0.267 e. The normalized spacial score (nSPS) is 10.9. The monoisotopic (exact) mass is 431 g/mol. The molecular weight excluding hydrogens is 413 g/mol. The van der Waals surface area contributed by atoms with Gasteiger partial charge in [-0.05, 0) is 84.3 Å². The molecule has 2 rings (SSSR count). The molecule has 1 amide bonds. The van der Waals surface area contributed by atoms with Crippen LogP contribution in [0.15, 0.2) is 48.2 Å². The number of rotatable bonds is 4. The molecule has 0 bridgehead atoms. The minimum absolute atomic E-state index is 0.0221. The summed E-state index contributed by atoms with van der Waals surface area (Å²) in [5, 5.41) is 15.1. The average Bonchev–Trinajstić information content (AvgIpc) is 2.54. The van der Waals surface area contributed by atoms with Crippen LogP contribution < -0.4 is 10.6 Å². The molecular formula is C19H18IN3O. The Morgan fingerprint density at radius 1 is 1.12 bits per heavy atom. The summed E-state index contributed by atoms with van der Waals surface area (Å²) in [5.41, 5.74) is 4.72. The fourth-order valence-corrected chi connectivity index (χ4v) is 2.81. The number of hydrogen-bond donors (Lipinski definition) is 2. The van der Waals surface area contributed by atoms with E-state index in [2.05, 4.69) is 33.2 Å². The largest absolute Gasteiger partial charge is 0.360 e. The van der Waals surface area contributed by atoms with Gasteiger partial charge in [0.2, 0.25) is 0 Å². The summed E-state index contributed by atoms with van der Waals surface area (Å²) in [6.45, 7) is 5.89. The van der Waals surface area contributed by atoms with Gasteiger partial charge >= 0.3 is 0 Å². The lowest BCUT2D eigenvalue weighted by atomic mass is 10.1. The third kappa shape index (κ3) is 4.36. The van der Waals surface area contributed by atoms with Crippen LogP contribution >= 0.6 is 22.6 Å². The van der Waals surface area contributed by atoms with E-state index in [-0.39, 0.29) is 5.57 Å². The number of hydrogen-bond acceptors (Lipinski definition) is 3. The van der Waals surface area contributed by atoms with Crippen molar-refractivity contribution < 1.29 is 4.79 Å². The molecule has 0 aliphatic carbocycles. The van der Waals surface area contributed by atoms with Crippen molar-refractivity contribution in [1.82, 2.24) is 0 Å². The molecule has 2 aromatic carbocycles. The first-order valence-electron chi connectivity index (χ1n) is 7.43. The second kappa shape index (κ2) is 7.97. The maximum absolute atomic E-state index is 12.3. The van der Waals surface area contributed by atoms with Crippen LogP contribution in [0.4, 0.5) is 11.4 Å². The first-order valence-corrected chi connectivity index (χ1v) is 8.50. The second-order valence-corrected chi connectivity index (χ2v) is 6.72. The first kappa shape index (κ1) is 18.0. The zero-order chi connectivity index (χ0) is 17.7. The van der Waals surface area contributed by atoms with Gasteiger partial charge in [-0.1, -0.05) is 12.1 Å². The molecule has 0 saturated carbocycles. The molecule has 2 N–H and O–H groups in total.